The van der Waals surface area contributed by atoms with Crippen molar-refractivity contribution in [1.29, 1.82) is 0 Å². The summed E-state index contributed by atoms with van der Waals surface area (Å²) in [6.07, 6.45) is 0. The lowest BCUT2D eigenvalue weighted by molar-refractivity contribution is 0.0926. The van der Waals surface area contributed by atoms with Crippen LogP contribution < -0.4 is 10.1 Å². The van der Waals surface area contributed by atoms with Crippen LogP contribution in [0.25, 0.3) is 0 Å². The quantitative estimate of drug-likeness (QED) is 0.879. The summed E-state index contributed by atoms with van der Waals surface area (Å²) in [6.45, 7) is 10.9. The van der Waals surface area contributed by atoms with Crippen molar-refractivity contribution in [2.24, 2.45) is 0 Å². The molecule has 0 saturated heterocycles. The SMILES string of the molecule is Cc1ccc(OC[C@@H](C)NC(=O)c2ccc(C(C)(C)C)cc2)cc1. The van der Waals surface area contributed by atoms with Crippen molar-refractivity contribution in [3.63, 3.8) is 0 Å². The van der Waals surface area contributed by atoms with Gasteiger partial charge in [0, 0.05) is 5.56 Å². The molecule has 0 spiro atoms. The first-order valence-corrected chi connectivity index (χ1v) is 8.36. The number of hydrogen-bond acceptors (Lipinski definition) is 2. The lowest BCUT2D eigenvalue weighted by Crippen LogP contribution is -2.36. The highest BCUT2D eigenvalue weighted by molar-refractivity contribution is 5.94. The Balaban J connectivity index is 1.88. The zero-order valence-electron chi connectivity index (χ0n) is 15.2. The summed E-state index contributed by atoms with van der Waals surface area (Å²) < 4.78 is 5.71. The van der Waals surface area contributed by atoms with Gasteiger partial charge < -0.3 is 10.1 Å². The molecule has 0 fully saturated rings. The third-order valence-corrected chi connectivity index (χ3v) is 3.91. The molecule has 0 aliphatic rings. The average molecular weight is 325 g/mol. The smallest absolute Gasteiger partial charge is 0.251 e. The van der Waals surface area contributed by atoms with Gasteiger partial charge in [-0.1, -0.05) is 50.6 Å². The topological polar surface area (TPSA) is 38.3 Å². The first-order chi connectivity index (χ1) is 11.3. The number of hydrogen-bond donors (Lipinski definition) is 1. The Morgan fingerprint density at radius 1 is 1.04 bits per heavy atom. The summed E-state index contributed by atoms with van der Waals surface area (Å²) in [4.78, 5) is 12.3. The van der Waals surface area contributed by atoms with Crippen LogP contribution in [0.2, 0.25) is 0 Å². The summed E-state index contributed by atoms with van der Waals surface area (Å²) in [5.41, 5.74) is 3.17. The summed E-state index contributed by atoms with van der Waals surface area (Å²) in [6, 6.07) is 15.6. The van der Waals surface area contributed by atoms with Gasteiger partial charge in [-0.05, 0) is 49.1 Å². The van der Waals surface area contributed by atoms with Crippen LogP contribution in [0.5, 0.6) is 5.75 Å². The van der Waals surface area contributed by atoms with Crippen LogP contribution in [0.1, 0.15) is 49.2 Å². The molecule has 0 aliphatic carbocycles. The fourth-order valence-corrected chi connectivity index (χ4v) is 2.33. The van der Waals surface area contributed by atoms with Gasteiger partial charge in [-0.25, -0.2) is 0 Å². The van der Waals surface area contributed by atoms with Crippen LogP contribution in [-0.4, -0.2) is 18.6 Å². The van der Waals surface area contributed by atoms with E-state index in [4.69, 9.17) is 4.74 Å². The van der Waals surface area contributed by atoms with Gasteiger partial charge in [0.1, 0.15) is 12.4 Å². The standard InChI is InChI=1S/C21H27NO2/c1-15-6-12-19(13-7-15)24-14-16(2)22-20(23)17-8-10-18(11-9-17)21(3,4)5/h6-13,16H,14H2,1-5H3,(H,22,23)/t16-/m1/s1. The van der Waals surface area contributed by atoms with E-state index in [1.54, 1.807) is 0 Å². The number of ether oxygens (including phenoxy) is 1. The second-order valence-electron chi connectivity index (χ2n) is 7.33. The van der Waals surface area contributed by atoms with E-state index in [1.165, 1.54) is 11.1 Å². The molecule has 0 aromatic heterocycles. The highest BCUT2D eigenvalue weighted by Crippen LogP contribution is 2.22. The van der Waals surface area contributed by atoms with Crippen LogP contribution in [-0.2, 0) is 5.41 Å². The van der Waals surface area contributed by atoms with Gasteiger partial charge in [-0.15, -0.1) is 0 Å². The Hall–Kier alpha value is -2.29. The predicted octanol–water partition coefficient (Wildman–Crippen LogP) is 4.49. The van der Waals surface area contributed by atoms with E-state index in [9.17, 15) is 4.79 Å². The molecule has 0 saturated carbocycles. The van der Waals surface area contributed by atoms with E-state index in [0.29, 0.717) is 12.2 Å². The number of carbonyl (C=O) groups is 1. The van der Waals surface area contributed by atoms with Crippen LogP contribution in [0.4, 0.5) is 0 Å². The van der Waals surface area contributed by atoms with Crippen molar-refractivity contribution in [2.45, 2.75) is 46.1 Å². The highest BCUT2D eigenvalue weighted by Gasteiger charge is 2.15. The van der Waals surface area contributed by atoms with Crippen molar-refractivity contribution in [3.8, 4) is 5.75 Å². The van der Waals surface area contributed by atoms with E-state index in [2.05, 4.69) is 26.1 Å². The molecular weight excluding hydrogens is 298 g/mol. The number of benzene rings is 2. The average Bonchev–Trinajstić information content (AvgIpc) is 2.53. The third-order valence-electron chi connectivity index (χ3n) is 3.91. The van der Waals surface area contributed by atoms with Crippen LogP contribution >= 0.6 is 0 Å². The normalized spacial score (nSPS) is 12.5. The first kappa shape index (κ1) is 18.1. The maximum atomic E-state index is 12.3. The van der Waals surface area contributed by atoms with Gasteiger partial charge in [-0.3, -0.25) is 4.79 Å². The second-order valence-corrected chi connectivity index (χ2v) is 7.33. The third kappa shape index (κ3) is 5.12. The van der Waals surface area contributed by atoms with Crippen LogP contribution in [0.3, 0.4) is 0 Å². The zero-order valence-corrected chi connectivity index (χ0v) is 15.2. The number of aryl methyl sites for hydroxylation is 1. The van der Waals surface area contributed by atoms with Crippen LogP contribution in [0, 0.1) is 6.92 Å². The fraction of sp³-hybridized carbons (Fsp3) is 0.381. The monoisotopic (exact) mass is 325 g/mol. The lowest BCUT2D eigenvalue weighted by atomic mass is 9.86. The van der Waals surface area contributed by atoms with Gasteiger partial charge in [-0.2, -0.15) is 0 Å². The van der Waals surface area contributed by atoms with Gasteiger partial charge >= 0.3 is 0 Å². The molecule has 0 unspecified atom stereocenters. The van der Waals surface area contributed by atoms with Gasteiger partial charge in [0.2, 0.25) is 0 Å². The molecule has 0 radical (unpaired) electrons. The minimum absolute atomic E-state index is 0.0684. The maximum absolute atomic E-state index is 12.3. The van der Waals surface area contributed by atoms with Crippen molar-refractivity contribution >= 4 is 5.91 Å². The van der Waals surface area contributed by atoms with E-state index in [0.717, 1.165) is 5.75 Å². The number of amides is 1. The summed E-state index contributed by atoms with van der Waals surface area (Å²) >= 11 is 0. The number of nitrogens with one attached hydrogen (secondary N) is 1. The number of rotatable bonds is 5. The largest absolute Gasteiger partial charge is 0.491 e. The molecule has 1 atom stereocenters. The van der Waals surface area contributed by atoms with E-state index >= 15 is 0 Å². The van der Waals surface area contributed by atoms with Crippen molar-refractivity contribution in [1.82, 2.24) is 5.32 Å². The molecule has 2 aromatic carbocycles. The van der Waals surface area contributed by atoms with E-state index < -0.39 is 0 Å². The van der Waals surface area contributed by atoms with E-state index in [-0.39, 0.29) is 17.4 Å². The molecule has 24 heavy (non-hydrogen) atoms. The molecule has 0 aliphatic heterocycles. The summed E-state index contributed by atoms with van der Waals surface area (Å²) in [5, 5.41) is 2.97. The van der Waals surface area contributed by atoms with Crippen molar-refractivity contribution in [2.75, 3.05) is 6.61 Å². The van der Waals surface area contributed by atoms with Crippen molar-refractivity contribution in [3.05, 3.63) is 65.2 Å². The fourth-order valence-electron chi connectivity index (χ4n) is 2.33. The lowest BCUT2D eigenvalue weighted by Gasteiger charge is -2.19. The minimum atomic E-state index is -0.0736. The molecule has 1 amide bonds. The van der Waals surface area contributed by atoms with Gasteiger partial charge in [0.15, 0.2) is 0 Å². The summed E-state index contributed by atoms with van der Waals surface area (Å²) in [7, 11) is 0. The first-order valence-electron chi connectivity index (χ1n) is 8.36. The Morgan fingerprint density at radius 3 is 2.17 bits per heavy atom. The Labute approximate surface area is 145 Å². The molecule has 3 heteroatoms. The molecule has 0 heterocycles. The predicted molar refractivity (Wildman–Crippen MR) is 98.7 cm³/mol. The van der Waals surface area contributed by atoms with E-state index in [1.807, 2.05) is 62.4 Å². The zero-order chi connectivity index (χ0) is 17.7. The van der Waals surface area contributed by atoms with Gasteiger partial charge in [0.05, 0.1) is 6.04 Å². The summed E-state index contributed by atoms with van der Waals surface area (Å²) in [5.74, 6) is 0.742. The molecule has 2 rings (SSSR count). The number of carbonyl (C=O) groups excluding carboxylic acids is 1. The maximum Gasteiger partial charge on any atom is 0.251 e. The Morgan fingerprint density at radius 2 is 1.62 bits per heavy atom. The highest BCUT2D eigenvalue weighted by atomic mass is 16.5. The Bertz CT molecular complexity index is 666. The van der Waals surface area contributed by atoms with Crippen molar-refractivity contribution < 1.29 is 9.53 Å². The molecule has 128 valence electrons. The molecular formula is C21H27NO2. The molecule has 0 bridgehead atoms. The molecule has 3 nitrogen and oxygen atoms in total. The molecule has 1 N–H and O–H groups in total. The second kappa shape index (κ2) is 7.52. The minimum Gasteiger partial charge on any atom is -0.491 e. The van der Waals surface area contributed by atoms with Gasteiger partial charge in [0.25, 0.3) is 5.91 Å². The molecule has 2 aromatic rings. The van der Waals surface area contributed by atoms with Crippen LogP contribution in [0.15, 0.2) is 48.5 Å². The Kier molecular flexibility index (Phi) is 5.66.